The number of rotatable bonds is 6. The third-order valence-electron chi connectivity index (χ3n) is 1.64. The fourth-order valence-corrected chi connectivity index (χ4v) is 0.727. The molecule has 0 saturated heterocycles. The minimum atomic E-state index is -1.02. The van der Waals surface area contributed by atoms with Gasteiger partial charge in [-0.3, -0.25) is 0 Å². The Bertz CT molecular complexity index is 107. The first-order chi connectivity index (χ1) is 7.65. The van der Waals surface area contributed by atoms with E-state index < -0.39 is 12.6 Å². The minimum absolute atomic E-state index is 0.00722. The van der Waals surface area contributed by atoms with Crippen LogP contribution in [0, 0.1) is 0 Å². The van der Waals surface area contributed by atoms with Gasteiger partial charge in [-0.25, -0.2) is 0 Å². The van der Waals surface area contributed by atoms with E-state index in [0.717, 1.165) is 13.5 Å². The second kappa shape index (κ2) is 17.2. The molecule has 0 aliphatic carbocycles. The standard InChI is InChI=1S/C8H18O4.C2H6.CH4O/c1-5-6(2)12-7(9)8(10-3)11-4;2*1-2/h6-9H,5H2,1-4H3;1-2H3;2H,1H3/t6-,7?;;/m0../s1. The van der Waals surface area contributed by atoms with E-state index >= 15 is 0 Å². The molecular formula is C11H28O5. The van der Waals surface area contributed by atoms with Crippen LogP contribution in [0.4, 0.5) is 0 Å². The molecule has 102 valence electrons. The van der Waals surface area contributed by atoms with E-state index in [1.165, 1.54) is 14.2 Å². The molecule has 2 atom stereocenters. The lowest BCUT2D eigenvalue weighted by Gasteiger charge is -2.22. The van der Waals surface area contributed by atoms with E-state index in [0.29, 0.717) is 0 Å². The molecule has 1 unspecified atom stereocenters. The zero-order valence-corrected chi connectivity index (χ0v) is 11.6. The molecule has 0 radical (unpaired) electrons. The van der Waals surface area contributed by atoms with Crippen LogP contribution in [0.2, 0.25) is 0 Å². The van der Waals surface area contributed by atoms with Crippen molar-refractivity contribution < 1.29 is 24.4 Å². The summed E-state index contributed by atoms with van der Waals surface area (Å²) in [5.74, 6) is 0. The lowest BCUT2D eigenvalue weighted by molar-refractivity contribution is -0.264. The predicted octanol–water partition coefficient (Wildman–Crippen LogP) is 1.37. The lowest BCUT2D eigenvalue weighted by atomic mass is 10.3. The zero-order chi connectivity index (χ0) is 13.6. The zero-order valence-electron chi connectivity index (χ0n) is 11.6. The first-order valence-electron chi connectivity index (χ1n) is 5.49. The largest absolute Gasteiger partial charge is 0.400 e. The fraction of sp³-hybridized carbons (Fsp3) is 1.00. The maximum Gasteiger partial charge on any atom is 0.208 e. The highest BCUT2D eigenvalue weighted by molar-refractivity contribution is 4.51. The molecule has 0 spiro atoms. The van der Waals surface area contributed by atoms with Gasteiger partial charge in [0.2, 0.25) is 12.6 Å². The van der Waals surface area contributed by atoms with Gasteiger partial charge < -0.3 is 24.4 Å². The quantitative estimate of drug-likeness (QED) is 0.686. The summed E-state index contributed by atoms with van der Waals surface area (Å²) in [7, 11) is 3.91. The van der Waals surface area contributed by atoms with Crippen LogP contribution in [-0.2, 0) is 14.2 Å². The summed E-state index contributed by atoms with van der Waals surface area (Å²) in [5, 5.41) is 16.3. The first kappa shape index (κ1) is 21.1. The van der Waals surface area contributed by atoms with Crippen LogP contribution in [-0.4, -0.2) is 50.2 Å². The van der Waals surface area contributed by atoms with Crippen LogP contribution in [0.5, 0.6) is 0 Å². The average molecular weight is 240 g/mol. The topological polar surface area (TPSA) is 68.2 Å². The number of ether oxygens (including phenoxy) is 3. The van der Waals surface area contributed by atoms with Crippen LogP contribution in [0.3, 0.4) is 0 Å². The summed E-state index contributed by atoms with van der Waals surface area (Å²) in [6, 6.07) is 0. The van der Waals surface area contributed by atoms with Crippen molar-refractivity contribution in [1.82, 2.24) is 0 Å². The van der Waals surface area contributed by atoms with Crippen molar-refractivity contribution in [3.63, 3.8) is 0 Å². The third-order valence-corrected chi connectivity index (χ3v) is 1.64. The molecule has 0 aromatic heterocycles. The lowest BCUT2D eigenvalue weighted by Crippen LogP contribution is -2.34. The summed E-state index contributed by atoms with van der Waals surface area (Å²) in [6.07, 6.45) is -0.876. The molecule has 2 N–H and O–H groups in total. The van der Waals surface area contributed by atoms with Gasteiger partial charge in [-0.15, -0.1) is 0 Å². The first-order valence-corrected chi connectivity index (χ1v) is 5.49. The highest BCUT2D eigenvalue weighted by Crippen LogP contribution is 2.06. The number of hydrogen-bond acceptors (Lipinski definition) is 5. The molecular weight excluding hydrogens is 212 g/mol. The van der Waals surface area contributed by atoms with Crippen molar-refractivity contribution in [2.75, 3.05) is 21.3 Å². The molecule has 5 nitrogen and oxygen atoms in total. The Morgan fingerprint density at radius 3 is 1.69 bits per heavy atom. The molecule has 0 aromatic rings. The highest BCUT2D eigenvalue weighted by atomic mass is 16.7. The van der Waals surface area contributed by atoms with Gasteiger partial charge >= 0.3 is 0 Å². The summed E-state index contributed by atoms with van der Waals surface area (Å²) >= 11 is 0. The number of hydrogen-bond donors (Lipinski definition) is 2. The van der Waals surface area contributed by atoms with E-state index in [1.54, 1.807) is 0 Å². The van der Waals surface area contributed by atoms with Crippen molar-refractivity contribution in [2.24, 2.45) is 0 Å². The smallest absolute Gasteiger partial charge is 0.208 e. The molecule has 0 rings (SSSR count). The summed E-state index contributed by atoms with van der Waals surface area (Å²) in [6.45, 7) is 7.86. The minimum Gasteiger partial charge on any atom is -0.400 e. The molecule has 16 heavy (non-hydrogen) atoms. The van der Waals surface area contributed by atoms with Gasteiger partial charge in [-0.1, -0.05) is 20.8 Å². The van der Waals surface area contributed by atoms with Crippen molar-refractivity contribution in [1.29, 1.82) is 0 Å². The van der Waals surface area contributed by atoms with Crippen molar-refractivity contribution in [3.05, 3.63) is 0 Å². The van der Waals surface area contributed by atoms with Crippen molar-refractivity contribution in [2.45, 2.75) is 52.8 Å². The highest BCUT2D eigenvalue weighted by Gasteiger charge is 2.20. The van der Waals surface area contributed by atoms with Gasteiger partial charge in [-0.05, 0) is 13.3 Å². The van der Waals surface area contributed by atoms with Crippen LogP contribution < -0.4 is 0 Å². The molecule has 0 aromatic carbocycles. The van der Waals surface area contributed by atoms with E-state index in [1.807, 2.05) is 27.7 Å². The Hall–Kier alpha value is -0.200. The molecule has 0 bridgehead atoms. The Balaban J connectivity index is -0.000000376. The van der Waals surface area contributed by atoms with Gasteiger partial charge in [0.05, 0.1) is 6.10 Å². The van der Waals surface area contributed by atoms with Crippen LogP contribution in [0.25, 0.3) is 0 Å². The number of aliphatic hydroxyl groups excluding tert-OH is 2. The second-order valence-corrected chi connectivity index (χ2v) is 2.59. The fourth-order valence-electron chi connectivity index (χ4n) is 0.727. The normalized spacial score (nSPS) is 13.1. The third kappa shape index (κ3) is 11.9. The molecule has 0 saturated carbocycles. The van der Waals surface area contributed by atoms with E-state index in [4.69, 9.17) is 19.3 Å². The number of methoxy groups -OCH3 is 2. The molecule has 0 aliphatic heterocycles. The van der Waals surface area contributed by atoms with Gasteiger partial charge in [0, 0.05) is 21.3 Å². The summed E-state index contributed by atoms with van der Waals surface area (Å²) in [4.78, 5) is 0. The maximum absolute atomic E-state index is 9.34. The van der Waals surface area contributed by atoms with E-state index in [9.17, 15) is 5.11 Å². The van der Waals surface area contributed by atoms with Crippen LogP contribution >= 0.6 is 0 Å². The van der Waals surface area contributed by atoms with Gasteiger partial charge in [0.1, 0.15) is 0 Å². The molecule has 5 heteroatoms. The Labute approximate surface area is 99.3 Å². The Kier molecular flexibility index (Phi) is 22.7. The van der Waals surface area contributed by atoms with Crippen LogP contribution in [0.1, 0.15) is 34.1 Å². The van der Waals surface area contributed by atoms with Crippen LogP contribution in [0.15, 0.2) is 0 Å². The predicted molar refractivity (Wildman–Crippen MR) is 64.1 cm³/mol. The van der Waals surface area contributed by atoms with Crippen molar-refractivity contribution >= 4 is 0 Å². The van der Waals surface area contributed by atoms with Gasteiger partial charge in [0.25, 0.3) is 0 Å². The van der Waals surface area contributed by atoms with E-state index in [-0.39, 0.29) is 6.10 Å². The monoisotopic (exact) mass is 240 g/mol. The number of aliphatic hydroxyl groups is 2. The van der Waals surface area contributed by atoms with E-state index in [2.05, 4.69) is 0 Å². The SMILES string of the molecule is CC.CC[C@H](C)OC(O)C(OC)OC.CO. The molecule has 0 aliphatic rings. The Morgan fingerprint density at radius 2 is 1.44 bits per heavy atom. The van der Waals surface area contributed by atoms with Crippen molar-refractivity contribution in [3.8, 4) is 0 Å². The summed E-state index contributed by atoms with van der Waals surface area (Å²) in [5.41, 5.74) is 0. The summed E-state index contributed by atoms with van der Waals surface area (Å²) < 4.78 is 14.8. The second-order valence-electron chi connectivity index (χ2n) is 2.59. The molecule has 0 fully saturated rings. The maximum atomic E-state index is 9.34. The van der Waals surface area contributed by atoms with Gasteiger partial charge in [0.15, 0.2) is 0 Å². The average Bonchev–Trinajstić information content (AvgIpc) is 2.35. The molecule has 0 heterocycles. The molecule has 0 amide bonds. The van der Waals surface area contributed by atoms with Gasteiger partial charge in [-0.2, -0.15) is 0 Å². The Morgan fingerprint density at radius 1 is 1.06 bits per heavy atom.